The third-order valence-corrected chi connectivity index (χ3v) is 10.0. The van der Waals surface area contributed by atoms with E-state index in [1.54, 1.807) is 0 Å². The molecule has 0 saturated carbocycles. The van der Waals surface area contributed by atoms with Gasteiger partial charge in [-0.25, -0.2) is 0 Å². The van der Waals surface area contributed by atoms with Crippen LogP contribution in [0.4, 0.5) is 0 Å². The Morgan fingerprint density at radius 2 is 1.20 bits per heavy atom. The van der Waals surface area contributed by atoms with Gasteiger partial charge in [0.05, 0.1) is 12.3 Å². The van der Waals surface area contributed by atoms with Crippen molar-refractivity contribution in [1.82, 2.24) is 10.6 Å². The zero-order valence-corrected chi connectivity index (χ0v) is 27.6. The maximum absolute atomic E-state index is 6.80. The molecule has 0 amide bonds. The lowest BCUT2D eigenvalue weighted by Crippen LogP contribution is -2.39. The van der Waals surface area contributed by atoms with Crippen LogP contribution in [0.2, 0.25) is 0 Å². The van der Waals surface area contributed by atoms with Crippen molar-refractivity contribution in [3.05, 3.63) is 168 Å². The maximum Gasteiger partial charge on any atom is 0.141 e. The van der Waals surface area contributed by atoms with Crippen molar-refractivity contribution in [3.8, 4) is 11.1 Å². The quantitative estimate of drug-likeness (QED) is 0.140. The van der Waals surface area contributed by atoms with Crippen LogP contribution in [0.3, 0.4) is 0 Å². The molecule has 0 aliphatic heterocycles. The summed E-state index contributed by atoms with van der Waals surface area (Å²) in [6, 6.07) is 51.9. The van der Waals surface area contributed by atoms with Crippen LogP contribution in [-0.2, 0) is 6.54 Å². The van der Waals surface area contributed by atoms with Gasteiger partial charge in [0.2, 0.25) is 0 Å². The van der Waals surface area contributed by atoms with Crippen LogP contribution >= 0.6 is 0 Å². The predicted octanol–water partition coefficient (Wildman–Crippen LogP) is 11.1. The minimum absolute atomic E-state index is 0.327. The van der Waals surface area contributed by atoms with Gasteiger partial charge in [-0.1, -0.05) is 109 Å². The largest absolute Gasteiger partial charge is 0.456 e. The number of nitrogens with one attached hydrogen (secondary N) is 2. The summed E-state index contributed by atoms with van der Waals surface area (Å²) in [5.74, 6) is 0. The fourth-order valence-electron chi connectivity index (χ4n) is 7.53. The van der Waals surface area contributed by atoms with E-state index in [9.17, 15) is 0 Å². The monoisotopic (exact) mass is 663 g/mol. The molecular weight excluding hydrogens is 631 g/mol. The van der Waals surface area contributed by atoms with Gasteiger partial charge in [0, 0.05) is 44.4 Å². The molecule has 10 aromatic rings. The first-order valence-electron chi connectivity index (χ1n) is 17.2. The highest BCUT2D eigenvalue weighted by Crippen LogP contribution is 2.40. The molecule has 51 heavy (non-hydrogen) atoms. The first kappa shape index (κ1) is 29.7. The molecule has 2 unspecified atom stereocenters. The zero-order chi connectivity index (χ0) is 33.9. The van der Waals surface area contributed by atoms with E-state index >= 15 is 0 Å². The van der Waals surface area contributed by atoms with Crippen LogP contribution in [0, 0.1) is 0 Å². The van der Waals surface area contributed by atoms with Gasteiger partial charge in [-0.3, -0.25) is 10.6 Å². The Balaban J connectivity index is 1.05. The Labute approximate surface area is 293 Å². The van der Waals surface area contributed by atoms with Crippen LogP contribution < -0.4 is 16.4 Å². The van der Waals surface area contributed by atoms with E-state index in [1.807, 2.05) is 72.8 Å². The van der Waals surface area contributed by atoms with Crippen LogP contribution in [0.25, 0.3) is 76.9 Å². The molecule has 4 N–H and O–H groups in total. The van der Waals surface area contributed by atoms with E-state index in [-0.39, 0.29) is 6.17 Å². The molecule has 0 aliphatic rings. The summed E-state index contributed by atoms with van der Waals surface area (Å²) in [4.78, 5) is 0. The smallest absolute Gasteiger partial charge is 0.141 e. The molecule has 0 spiro atoms. The second-order valence-corrected chi connectivity index (χ2v) is 13.1. The molecular formula is C45H33N3O3. The molecule has 0 fully saturated rings. The van der Waals surface area contributed by atoms with Crippen molar-refractivity contribution < 1.29 is 13.3 Å². The number of hydrogen-bond donors (Lipinski definition) is 3. The SMILES string of the molecule is NC(NC(NCc1ccc2oc3ccccc3c2c1)c1cccc2c1oc1cc(-c3cccc4oc5ccccc5c34)ccc12)c1ccccc1. The lowest BCUT2D eigenvalue weighted by molar-refractivity contribution is 0.385. The van der Waals surface area contributed by atoms with Gasteiger partial charge in [-0.2, -0.15) is 0 Å². The summed E-state index contributed by atoms with van der Waals surface area (Å²) >= 11 is 0. The average Bonchev–Trinajstić information content (AvgIpc) is 3.87. The second-order valence-electron chi connectivity index (χ2n) is 13.1. The van der Waals surface area contributed by atoms with Crippen molar-refractivity contribution >= 4 is 65.8 Å². The standard InChI is InChI=1S/C45H33N3O3/c46-44(28-10-2-1-3-11-28)48-45(47-26-27-20-23-39-36(24-27)31-12-4-6-17-37(31)49-39)35-16-8-15-33-32-22-21-29(25-41(32)51-43(33)35)30-14-9-19-40-42(30)34-13-5-7-18-38(34)50-40/h1-25,44-45,47-48H,26,46H2. The Morgan fingerprint density at radius 3 is 2.08 bits per heavy atom. The average molecular weight is 664 g/mol. The van der Waals surface area contributed by atoms with Gasteiger partial charge >= 0.3 is 0 Å². The number of benzene rings is 7. The maximum atomic E-state index is 6.80. The molecule has 10 rings (SSSR count). The molecule has 246 valence electrons. The molecule has 3 heterocycles. The Hall–Kier alpha value is -6.18. The highest BCUT2D eigenvalue weighted by atomic mass is 16.3. The normalized spacial score (nSPS) is 13.3. The van der Waals surface area contributed by atoms with Crippen LogP contribution in [-0.4, -0.2) is 0 Å². The van der Waals surface area contributed by atoms with Gasteiger partial charge in [0.1, 0.15) is 33.5 Å². The molecule has 0 saturated heterocycles. The number of hydrogen-bond acceptors (Lipinski definition) is 6. The van der Waals surface area contributed by atoms with Crippen molar-refractivity contribution in [3.63, 3.8) is 0 Å². The van der Waals surface area contributed by atoms with Gasteiger partial charge in [0.25, 0.3) is 0 Å². The van der Waals surface area contributed by atoms with Gasteiger partial charge < -0.3 is 19.0 Å². The number of rotatable bonds is 8. The summed E-state index contributed by atoms with van der Waals surface area (Å²) in [6.07, 6.45) is -0.743. The van der Waals surface area contributed by atoms with E-state index in [1.165, 1.54) is 0 Å². The van der Waals surface area contributed by atoms with Gasteiger partial charge in [-0.15, -0.1) is 0 Å². The molecule has 0 aliphatic carbocycles. The van der Waals surface area contributed by atoms with Crippen molar-refractivity contribution in [1.29, 1.82) is 0 Å². The zero-order valence-electron chi connectivity index (χ0n) is 27.6. The van der Waals surface area contributed by atoms with Gasteiger partial charge in [-0.05, 0) is 64.7 Å². The number of furan rings is 3. The third kappa shape index (κ3) is 5.08. The van der Waals surface area contributed by atoms with Crippen molar-refractivity contribution in [2.75, 3.05) is 0 Å². The fraction of sp³-hybridized carbons (Fsp3) is 0.0667. The van der Waals surface area contributed by atoms with Crippen LogP contribution in [0.5, 0.6) is 0 Å². The van der Waals surface area contributed by atoms with Crippen molar-refractivity contribution in [2.45, 2.75) is 18.9 Å². The van der Waals surface area contributed by atoms with Crippen molar-refractivity contribution in [2.24, 2.45) is 5.73 Å². The summed E-state index contributed by atoms with van der Waals surface area (Å²) in [6.45, 7) is 0.595. The minimum atomic E-state index is -0.416. The molecule has 6 nitrogen and oxygen atoms in total. The number of para-hydroxylation sites is 3. The number of fused-ring (bicyclic) bond motifs is 9. The molecule has 7 aromatic carbocycles. The highest BCUT2D eigenvalue weighted by molar-refractivity contribution is 6.14. The molecule has 2 atom stereocenters. The highest BCUT2D eigenvalue weighted by Gasteiger charge is 2.22. The Kier molecular flexibility index (Phi) is 6.99. The Morgan fingerprint density at radius 1 is 0.510 bits per heavy atom. The second kappa shape index (κ2) is 12.0. The summed E-state index contributed by atoms with van der Waals surface area (Å²) < 4.78 is 19.1. The van der Waals surface area contributed by atoms with E-state index in [4.69, 9.17) is 19.0 Å². The third-order valence-electron chi connectivity index (χ3n) is 10.0. The van der Waals surface area contributed by atoms with Crippen LogP contribution in [0.15, 0.2) is 165 Å². The first-order chi connectivity index (χ1) is 25.2. The van der Waals surface area contributed by atoms with Crippen LogP contribution in [0.1, 0.15) is 29.0 Å². The predicted molar refractivity (Wildman–Crippen MR) is 206 cm³/mol. The molecule has 0 radical (unpaired) electrons. The minimum Gasteiger partial charge on any atom is -0.456 e. The molecule has 0 bridgehead atoms. The van der Waals surface area contributed by atoms with E-state index in [2.05, 4.69) is 89.5 Å². The van der Waals surface area contributed by atoms with E-state index in [0.29, 0.717) is 6.54 Å². The topological polar surface area (TPSA) is 89.5 Å². The summed E-state index contributed by atoms with van der Waals surface area (Å²) in [5.41, 5.74) is 17.3. The molecule has 6 heteroatoms. The lowest BCUT2D eigenvalue weighted by Gasteiger charge is -2.25. The number of nitrogens with two attached hydrogens (primary N) is 1. The Bertz CT molecular complexity index is 2880. The fourth-order valence-corrected chi connectivity index (χ4v) is 7.53. The van der Waals surface area contributed by atoms with Gasteiger partial charge in [0.15, 0.2) is 0 Å². The van der Waals surface area contributed by atoms with E-state index < -0.39 is 6.17 Å². The van der Waals surface area contributed by atoms with E-state index in [0.717, 1.165) is 93.6 Å². The summed E-state index contributed by atoms with van der Waals surface area (Å²) in [5, 5.41) is 14.0. The molecule has 3 aromatic heterocycles. The summed E-state index contributed by atoms with van der Waals surface area (Å²) in [7, 11) is 0. The lowest BCUT2D eigenvalue weighted by atomic mass is 9.98. The first-order valence-corrected chi connectivity index (χ1v) is 17.2.